The molecule has 1 aliphatic heterocycles. The van der Waals surface area contributed by atoms with Crippen LogP contribution in [0.3, 0.4) is 0 Å². The molecule has 0 bridgehead atoms. The van der Waals surface area contributed by atoms with Crippen molar-refractivity contribution in [3.8, 4) is 0 Å². The number of carbonyl (C=O) groups excluding carboxylic acids is 1. The zero-order valence-corrected chi connectivity index (χ0v) is 17.6. The van der Waals surface area contributed by atoms with Gasteiger partial charge in [0, 0.05) is 35.9 Å². The summed E-state index contributed by atoms with van der Waals surface area (Å²) in [5, 5.41) is 3.35. The number of nitrogens with one attached hydrogen (secondary N) is 1. The quantitative estimate of drug-likeness (QED) is 0.750. The van der Waals surface area contributed by atoms with Gasteiger partial charge in [0.05, 0.1) is 18.8 Å². The van der Waals surface area contributed by atoms with Gasteiger partial charge < -0.3 is 14.8 Å². The standard InChI is InChI=1S/C21H30BrNO3/c1-14-8-9-16-18(12-14)26-19(15-6-4-5-7-17(15)22)13-21(16,2)23-20(24)10-11-25-3/h4-7,14,16,18-19H,8-13H2,1-3H3,(H,23,24)/t14-,16-,18-,19-,21-/m1/s1. The Hall–Kier alpha value is -0.910. The molecule has 1 aromatic rings. The lowest BCUT2D eigenvalue weighted by molar-refractivity contribution is -0.154. The van der Waals surface area contributed by atoms with Gasteiger partial charge in [0.15, 0.2) is 0 Å². The van der Waals surface area contributed by atoms with Crippen molar-refractivity contribution in [3.05, 3.63) is 34.3 Å². The van der Waals surface area contributed by atoms with E-state index in [-0.39, 0.29) is 23.7 Å². The molecule has 0 radical (unpaired) electrons. The molecule has 26 heavy (non-hydrogen) atoms. The van der Waals surface area contributed by atoms with E-state index in [1.54, 1.807) is 7.11 Å². The third-order valence-corrected chi connectivity index (χ3v) is 6.75. The summed E-state index contributed by atoms with van der Waals surface area (Å²) in [4.78, 5) is 12.5. The number of hydrogen-bond donors (Lipinski definition) is 1. The van der Waals surface area contributed by atoms with Crippen LogP contribution in [0.15, 0.2) is 28.7 Å². The van der Waals surface area contributed by atoms with Crippen molar-refractivity contribution in [1.82, 2.24) is 5.32 Å². The Morgan fingerprint density at radius 2 is 2.15 bits per heavy atom. The van der Waals surface area contributed by atoms with Gasteiger partial charge in [-0.05, 0) is 37.3 Å². The third kappa shape index (κ3) is 4.32. The molecule has 1 aliphatic carbocycles. The first-order valence-corrected chi connectivity index (χ1v) is 10.4. The lowest BCUT2D eigenvalue weighted by Crippen LogP contribution is -2.60. The molecule has 144 valence electrons. The van der Waals surface area contributed by atoms with Crippen LogP contribution in [0.5, 0.6) is 0 Å². The molecule has 0 unspecified atom stereocenters. The normalized spacial score (nSPS) is 34.2. The molecule has 3 rings (SSSR count). The maximum atomic E-state index is 12.5. The lowest BCUT2D eigenvalue weighted by atomic mass is 9.66. The molecule has 1 heterocycles. The Labute approximate surface area is 165 Å². The number of benzene rings is 1. The van der Waals surface area contributed by atoms with Gasteiger partial charge in [0.25, 0.3) is 0 Å². The molecule has 1 saturated carbocycles. The van der Waals surface area contributed by atoms with Crippen LogP contribution in [0.25, 0.3) is 0 Å². The molecular formula is C21H30BrNO3. The predicted octanol–water partition coefficient (Wildman–Crippen LogP) is 4.63. The van der Waals surface area contributed by atoms with E-state index in [1.807, 2.05) is 12.1 Å². The van der Waals surface area contributed by atoms with E-state index in [0.717, 1.165) is 23.7 Å². The van der Waals surface area contributed by atoms with Gasteiger partial charge in [-0.3, -0.25) is 4.79 Å². The van der Waals surface area contributed by atoms with Gasteiger partial charge in [0.2, 0.25) is 5.91 Å². The third-order valence-electron chi connectivity index (χ3n) is 6.03. The summed E-state index contributed by atoms with van der Waals surface area (Å²) in [7, 11) is 1.63. The van der Waals surface area contributed by atoms with Crippen LogP contribution in [0.1, 0.15) is 57.6 Å². The van der Waals surface area contributed by atoms with Gasteiger partial charge >= 0.3 is 0 Å². The Bertz CT molecular complexity index is 637. The summed E-state index contributed by atoms with van der Waals surface area (Å²) in [6, 6.07) is 8.25. The SMILES string of the molecule is COCCC(=O)N[C@]1(C)C[C@H](c2ccccc2Br)O[C@@H]2C[C@H](C)CC[C@H]21. The molecule has 1 aromatic carbocycles. The predicted molar refractivity (Wildman–Crippen MR) is 106 cm³/mol. The lowest BCUT2D eigenvalue weighted by Gasteiger charge is -2.52. The second kappa shape index (κ2) is 8.41. The summed E-state index contributed by atoms with van der Waals surface area (Å²) in [6.07, 6.45) is 4.75. The van der Waals surface area contributed by atoms with Gasteiger partial charge in [-0.2, -0.15) is 0 Å². The van der Waals surface area contributed by atoms with Crippen LogP contribution in [-0.4, -0.2) is 31.3 Å². The van der Waals surface area contributed by atoms with Crippen molar-refractivity contribution in [2.75, 3.05) is 13.7 Å². The number of rotatable bonds is 5. The summed E-state index contributed by atoms with van der Waals surface area (Å²) in [5.74, 6) is 1.10. The molecule has 5 heteroatoms. The van der Waals surface area contributed by atoms with E-state index < -0.39 is 0 Å². The fourth-order valence-electron chi connectivity index (χ4n) is 4.64. The second-order valence-corrected chi connectivity index (χ2v) is 8.98. The van der Waals surface area contributed by atoms with Crippen molar-refractivity contribution in [2.24, 2.45) is 11.8 Å². The highest BCUT2D eigenvalue weighted by Crippen LogP contribution is 2.48. The summed E-state index contributed by atoms with van der Waals surface area (Å²) >= 11 is 3.67. The molecule has 1 N–H and O–H groups in total. The average molecular weight is 424 g/mol. The number of hydrogen-bond acceptors (Lipinski definition) is 3. The first kappa shape index (κ1) is 19.8. The minimum Gasteiger partial charge on any atom is -0.384 e. The van der Waals surface area contributed by atoms with Gasteiger partial charge in [0.1, 0.15) is 0 Å². The van der Waals surface area contributed by atoms with Crippen LogP contribution < -0.4 is 5.32 Å². The minimum atomic E-state index is -0.256. The van der Waals surface area contributed by atoms with E-state index in [4.69, 9.17) is 9.47 Å². The van der Waals surface area contributed by atoms with Crippen molar-refractivity contribution < 1.29 is 14.3 Å². The molecular weight excluding hydrogens is 394 g/mol. The fraction of sp³-hybridized carbons (Fsp3) is 0.667. The van der Waals surface area contributed by atoms with Crippen LogP contribution >= 0.6 is 15.9 Å². The molecule has 2 fully saturated rings. The van der Waals surface area contributed by atoms with Crippen molar-refractivity contribution >= 4 is 21.8 Å². The number of carbonyl (C=O) groups is 1. The highest BCUT2D eigenvalue weighted by Gasteiger charge is 2.49. The second-order valence-electron chi connectivity index (χ2n) is 8.12. The highest BCUT2D eigenvalue weighted by atomic mass is 79.9. The summed E-state index contributed by atoms with van der Waals surface area (Å²) in [6.45, 7) is 4.96. The number of amides is 1. The van der Waals surface area contributed by atoms with Crippen LogP contribution in [0.2, 0.25) is 0 Å². The zero-order valence-electron chi connectivity index (χ0n) is 16.0. The van der Waals surface area contributed by atoms with Crippen LogP contribution in [0.4, 0.5) is 0 Å². The van der Waals surface area contributed by atoms with E-state index in [0.29, 0.717) is 24.9 Å². The maximum Gasteiger partial charge on any atom is 0.222 e. The molecule has 5 atom stereocenters. The minimum absolute atomic E-state index is 0.00940. The Morgan fingerprint density at radius 3 is 2.88 bits per heavy atom. The van der Waals surface area contributed by atoms with Gasteiger partial charge in [-0.15, -0.1) is 0 Å². The zero-order chi connectivity index (χ0) is 18.7. The molecule has 4 nitrogen and oxygen atoms in total. The van der Waals surface area contributed by atoms with Crippen molar-refractivity contribution in [1.29, 1.82) is 0 Å². The van der Waals surface area contributed by atoms with Crippen LogP contribution in [-0.2, 0) is 14.3 Å². The van der Waals surface area contributed by atoms with Crippen LogP contribution in [0, 0.1) is 11.8 Å². The van der Waals surface area contributed by atoms with E-state index >= 15 is 0 Å². The molecule has 1 saturated heterocycles. The highest BCUT2D eigenvalue weighted by molar-refractivity contribution is 9.10. The van der Waals surface area contributed by atoms with E-state index in [1.165, 1.54) is 12.0 Å². The van der Waals surface area contributed by atoms with E-state index in [2.05, 4.69) is 47.2 Å². The summed E-state index contributed by atoms with van der Waals surface area (Å²) < 4.78 is 12.7. The molecule has 1 amide bonds. The Morgan fingerprint density at radius 1 is 1.38 bits per heavy atom. The monoisotopic (exact) mass is 423 g/mol. The van der Waals surface area contributed by atoms with E-state index in [9.17, 15) is 4.79 Å². The van der Waals surface area contributed by atoms with Crippen molar-refractivity contribution in [3.63, 3.8) is 0 Å². The largest absolute Gasteiger partial charge is 0.384 e. The van der Waals surface area contributed by atoms with Crippen molar-refractivity contribution in [2.45, 2.75) is 63.7 Å². The first-order valence-electron chi connectivity index (χ1n) is 9.63. The fourth-order valence-corrected chi connectivity index (χ4v) is 5.18. The molecule has 0 spiro atoms. The smallest absolute Gasteiger partial charge is 0.222 e. The number of fused-ring (bicyclic) bond motifs is 1. The first-order chi connectivity index (χ1) is 12.4. The average Bonchev–Trinajstić information content (AvgIpc) is 2.59. The number of methoxy groups -OCH3 is 1. The maximum absolute atomic E-state index is 12.5. The molecule has 2 aliphatic rings. The van der Waals surface area contributed by atoms with Gasteiger partial charge in [-0.25, -0.2) is 0 Å². The van der Waals surface area contributed by atoms with Gasteiger partial charge in [-0.1, -0.05) is 47.5 Å². The Balaban J connectivity index is 1.85. The Kier molecular flexibility index (Phi) is 6.41. The molecule has 0 aromatic heterocycles. The number of ether oxygens (including phenoxy) is 2. The summed E-state index contributed by atoms with van der Waals surface area (Å²) in [5.41, 5.74) is 0.912. The topological polar surface area (TPSA) is 47.6 Å². The number of halogens is 1.